The molecular formula is C35H71N3. The maximum Gasteiger partial charge on any atom is 0.0395 e. The van der Waals surface area contributed by atoms with Gasteiger partial charge < -0.3 is 16.8 Å². The van der Waals surface area contributed by atoms with Crippen molar-refractivity contribution < 1.29 is 0 Å². The maximum atomic E-state index is 5.47. The summed E-state index contributed by atoms with van der Waals surface area (Å²) in [7, 11) is 0. The van der Waals surface area contributed by atoms with Crippen LogP contribution in [0.15, 0.2) is 80.3 Å². The molecule has 3 heteroatoms. The van der Waals surface area contributed by atoms with Crippen molar-refractivity contribution in [3.05, 3.63) is 85.9 Å². The predicted octanol–water partition coefficient (Wildman–Crippen LogP) is 11.2. The number of nitrogens with one attached hydrogen (secondary N) is 1. The first-order chi connectivity index (χ1) is 18.0. The Kier molecular flexibility index (Phi) is 61.1. The van der Waals surface area contributed by atoms with Crippen molar-refractivity contribution in [1.29, 1.82) is 0 Å². The molecule has 0 fully saturated rings. The van der Waals surface area contributed by atoms with Gasteiger partial charge in [0.1, 0.15) is 0 Å². The van der Waals surface area contributed by atoms with E-state index in [1.807, 2.05) is 39.0 Å². The summed E-state index contributed by atoms with van der Waals surface area (Å²) in [6.07, 6.45) is 11.6. The fourth-order valence-corrected chi connectivity index (χ4v) is 2.48. The average molecular weight is 534 g/mol. The maximum absolute atomic E-state index is 5.47. The van der Waals surface area contributed by atoms with Gasteiger partial charge in [-0.25, -0.2) is 0 Å². The molecule has 1 aromatic carbocycles. The Morgan fingerprint density at radius 3 is 1.55 bits per heavy atom. The largest absolute Gasteiger partial charge is 0.405 e. The van der Waals surface area contributed by atoms with Gasteiger partial charge in [0, 0.05) is 12.2 Å². The molecule has 0 saturated carbocycles. The Bertz CT molecular complexity index is 560. The van der Waals surface area contributed by atoms with Crippen molar-refractivity contribution in [3.8, 4) is 0 Å². The van der Waals surface area contributed by atoms with Crippen LogP contribution in [0.4, 0.5) is 0 Å². The van der Waals surface area contributed by atoms with E-state index in [-0.39, 0.29) is 0 Å². The zero-order valence-electron chi connectivity index (χ0n) is 27.8. The number of benzene rings is 1. The Labute approximate surface area is 242 Å². The fraction of sp³-hybridized carbons (Fsp3) is 0.600. The number of rotatable bonds is 10. The molecule has 3 nitrogen and oxygen atoms in total. The third kappa shape index (κ3) is 76.5. The van der Waals surface area contributed by atoms with E-state index in [9.17, 15) is 0 Å². The summed E-state index contributed by atoms with van der Waals surface area (Å²) in [6.45, 7) is 38.4. The smallest absolute Gasteiger partial charge is 0.0395 e. The third-order valence-electron chi connectivity index (χ3n) is 4.09. The molecule has 1 unspecified atom stereocenters. The van der Waals surface area contributed by atoms with Gasteiger partial charge in [0.2, 0.25) is 0 Å². The van der Waals surface area contributed by atoms with E-state index in [2.05, 4.69) is 105 Å². The second-order valence-electron chi connectivity index (χ2n) is 9.27. The van der Waals surface area contributed by atoms with Crippen LogP contribution in [0.2, 0.25) is 0 Å². The number of nitrogens with two attached hydrogens (primary N) is 2. The Balaban J connectivity index is -0.0000000850. The number of unbranched alkanes of at least 4 members (excludes halogenated alkanes) is 2. The molecule has 0 heterocycles. The van der Waals surface area contributed by atoms with E-state index in [0.717, 1.165) is 31.0 Å². The standard InChI is InChI=1S/C9H11N.C9H19N.C5H10.C5H12.C3H8.C2H5N.C2H6/c1-2-10-8-9-6-4-3-5-7-9;1-7(2)5-8(3)6-9(4)10;1-4-5(2)3;1-3-5-4-2;1-3-2;1-2-3;1-2/h2-7,10H,1,8H2;7-8H,4-6,10H2,1-3H3;2,4H2,1,3H3;3-5H2,1-2H3;3H2,1-2H3;2H,1,3H2;1-2H3. The lowest BCUT2D eigenvalue weighted by molar-refractivity contribution is 0.435. The van der Waals surface area contributed by atoms with Crippen molar-refractivity contribution in [2.45, 2.75) is 128 Å². The molecule has 226 valence electrons. The highest BCUT2D eigenvalue weighted by atomic mass is 14.8. The molecule has 0 aromatic heterocycles. The van der Waals surface area contributed by atoms with Gasteiger partial charge in [-0.3, -0.25) is 0 Å². The molecule has 1 aromatic rings. The average Bonchev–Trinajstić information content (AvgIpc) is 2.86. The molecule has 0 spiro atoms. The molecule has 0 bridgehead atoms. The molecule has 1 atom stereocenters. The van der Waals surface area contributed by atoms with Crippen LogP contribution in [-0.2, 0) is 6.54 Å². The molecule has 1 rings (SSSR count). The molecule has 0 amide bonds. The van der Waals surface area contributed by atoms with Crippen molar-refractivity contribution in [2.24, 2.45) is 23.3 Å². The Morgan fingerprint density at radius 2 is 1.32 bits per heavy atom. The predicted molar refractivity (Wildman–Crippen MR) is 182 cm³/mol. The van der Waals surface area contributed by atoms with Crippen LogP contribution < -0.4 is 16.8 Å². The lowest BCUT2D eigenvalue weighted by atomic mass is 9.95. The van der Waals surface area contributed by atoms with Gasteiger partial charge >= 0.3 is 0 Å². The second kappa shape index (κ2) is 47.7. The van der Waals surface area contributed by atoms with E-state index in [1.54, 1.807) is 6.20 Å². The molecule has 5 N–H and O–H groups in total. The molecule has 0 radical (unpaired) electrons. The van der Waals surface area contributed by atoms with Crippen LogP contribution in [0.3, 0.4) is 0 Å². The van der Waals surface area contributed by atoms with E-state index in [1.165, 1.54) is 49.4 Å². The van der Waals surface area contributed by atoms with Crippen LogP contribution in [-0.4, -0.2) is 0 Å². The summed E-state index contributed by atoms with van der Waals surface area (Å²) >= 11 is 0. The fourth-order valence-electron chi connectivity index (χ4n) is 2.48. The van der Waals surface area contributed by atoms with Crippen LogP contribution >= 0.6 is 0 Å². The number of hydrogen-bond donors (Lipinski definition) is 3. The SMILES string of the molecule is C=C(C)CC.C=C(N)CC(C)CC(C)C.C=CN.C=CNCc1ccccc1.CC.CCC.CCCCC. The second-order valence-corrected chi connectivity index (χ2v) is 9.27. The number of hydrogen-bond acceptors (Lipinski definition) is 3. The summed E-state index contributed by atoms with van der Waals surface area (Å²) in [6, 6.07) is 10.2. The van der Waals surface area contributed by atoms with Crippen LogP contribution in [0.1, 0.15) is 127 Å². The summed E-state index contributed by atoms with van der Waals surface area (Å²) in [5.41, 5.74) is 13.4. The molecule has 38 heavy (non-hydrogen) atoms. The minimum Gasteiger partial charge on any atom is -0.405 e. The minimum absolute atomic E-state index is 0.692. The summed E-state index contributed by atoms with van der Waals surface area (Å²) in [4.78, 5) is 0. The zero-order chi connectivity index (χ0) is 31.2. The van der Waals surface area contributed by atoms with E-state index < -0.39 is 0 Å². The molecular weight excluding hydrogens is 462 g/mol. The Morgan fingerprint density at radius 1 is 0.921 bits per heavy atom. The van der Waals surface area contributed by atoms with Gasteiger partial charge in [-0.15, -0.1) is 6.58 Å². The highest BCUT2D eigenvalue weighted by molar-refractivity contribution is 5.14. The molecule has 0 saturated heterocycles. The zero-order valence-corrected chi connectivity index (χ0v) is 27.8. The van der Waals surface area contributed by atoms with Gasteiger partial charge in [0.15, 0.2) is 0 Å². The normalized spacial score (nSPS) is 8.95. The first-order valence-electron chi connectivity index (χ1n) is 14.8. The van der Waals surface area contributed by atoms with Crippen LogP contribution in [0.25, 0.3) is 0 Å². The van der Waals surface area contributed by atoms with Gasteiger partial charge in [-0.05, 0) is 56.0 Å². The lowest BCUT2D eigenvalue weighted by Gasteiger charge is -2.12. The third-order valence-corrected chi connectivity index (χ3v) is 4.09. The minimum atomic E-state index is 0.692. The monoisotopic (exact) mass is 534 g/mol. The van der Waals surface area contributed by atoms with Crippen molar-refractivity contribution in [1.82, 2.24) is 5.32 Å². The highest BCUT2D eigenvalue weighted by Crippen LogP contribution is 2.15. The van der Waals surface area contributed by atoms with Crippen LogP contribution in [0.5, 0.6) is 0 Å². The van der Waals surface area contributed by atoms with Gasteiger partial charge in [0.25, 0.3) is 0 Å². The quantitative estimate of drug-likeness (QED) is 0.262. The van der Waals surface area contributed by atoms with Crippen molar-refractivity contribution in [2.75, 3.05) is 0 Å². The van der Waals surface area contributed by atoms with Crippen molar-refractivity contribution in [3.63, 3.8) is 0 Å². The summed E-state index contributed by atoms with van der Waals surface area (Å²) < 4.78 is 0. The van der Waals surface area contributed by atoms with E-state index in [4.69, 9.17) is 5.73 Å². The van der Waals surface area contributed by atoms with E-state index >= 15 is 0 Å². The topological polar surface area (TPSA) is 64.1 Å². The molecule has 0 aliphatic heterocycles. The number of allylic oxidation sites excluding steroid dienone is 2. The molecule has 0 aliphatic rings. The first-order valence-corrected chi connectivity index (χ1v) is 14.8. The summed E-state index contributed by atoms with van der Waals surface area (Å²) in [5.74, 6) is 1.46. The van der Waals surface area contributed by atoms with Gasteiger partial charge in [0.05, 0.1) is 0 Å². The highest BCUT2D eigenvalue weighted by Gasteiger charge is 2.04. The first kappa shape index (κ1) is 48.6. The summed E-state index contributed by atoms with van der Waals surface area (Å²) in [5, 5.41) is 3.03. The van der Waals surface area contributed by atoms with Crippen LogP contribution in [0, 0.1) is 11.8 Å². The Hall–Kier alpha value is -2.42. The van der Waals surface area contributed by atoms with Crippen molar-refractivity contribution >= 4 is 0 Å². The van der Waals surface area contributed by atoms with E-state index in [0.29, 0.717) is 5.92 Å². The van der Waals surface area contributed by atoms with Gasteiger partial charge in [-0.2, -0.15) is 0 Å². The molecule has 0 aliphatic carbocycles. The lowest BCUT2D eigenvalue weighted by Crippen LogP contribution is -2.05. The van der Waals surface area contributed by atoms with Gasteiger partial charge in [-0.1, -0.05) is 151 Å².